The lowest BCUT2D eigenvalue weighted by molar-refractivity contribution is -0.148. The Kier molecular flexibility index (Phi) is 6.06. The molecule has 0 fully saturated rings. The fourth-order valence-electron chi connectivity index (χ4n) is 4.01. The van der Waals surface area contributed by atoms with Gasteiger partial charge in [-0.05, 0) is 31.9 Å². The van der Waals surface area contributed by atoms with E-state index in [0.29, 0.717) is 12.1 Å². The van der Waals surface area contributed by atoms with Gasteiger partial charge in [-0.1, -0.05) is 59.7 Å². The Morgan fingerprint density at radius 1 is 0.897 bits per heavy atom. The molecule has 0 saturated carbocycles. The summed E-state index contributed by atoms with van der Waals surface area (Å²) in [5.41, 5.74) is 5.15. The van der Waals surface area contributed by atoms with Gasteiger partial charge < -0.3 is 14.4 Å². The highest BCUT2D eigenvalue weighted by molar-refractivity contribution is 6.04. The lowest BCUT2D eigenvalue weighted by Gasteiger charge is -2.31. The highest BCUT2D eigenvalue weighted by atomic mass is 16.5. The first-order chi connectivity index (χ1) is 13.9. The largest absolute Gasteiger partial charge is 0.468 e. The standard InChI is InChI=1S/C24H27NO4/c1-6-25-21(17-11-7-15(2)8-12-17)19(23(26)28-4)20(24(27)29-5)22(25)18-13-9-16(3)10-14-18/h7-14,19,21H,6H2,1-5H3/t19-,21-/m1/s1. The number of carbonyl (C=O) groups excluding carboxylic acids is 2. The average molecular weight is 393 g/mol. The van der Waals surface area contributed by atoms with Crippen molar-refractivity contribution in [2.75, 3.05) is 20.8 Å². The molecule has 3 rings (SSSR count). The monoisotopic (exact) mass is 393 g/mol. The van der Waals surface area contributed by atoms with Crippen LogP contribution in [-0.2, 0) is 19.1 Å². The first-order valence-electron chi connectivity index (χ1n) is 9.73. The van der Waals surface area contributed by atoms with Gasteiger partial charge in [-0.15, -0.1) is 0 Å². The number of carbonyl (C=O) groups is 2. The number of ether oxygens (including phenoxy) is 2. The van der Waals surface area contributed by atoms with Gasteiger partial charge in [-0.25, -0.2) is 4.79 Å². The Balaban J connectivity index is 2.26. The van der Waals surface area contributed by atoms with Gasteiger partial charge in [-0.3, -0.25) is 4.79 Å². The molecule has 1 heterocycles. The van der Waals surface area contributed by atoms with Gasteiger partial charge in [0.2, 0.25) is 0 Å². The Hall–Kier alpha value is -3.08. The van der Waals surface area contributed by atoms with Crippen LogP contribution in [0.2, 0.25) is 0 Å². The Morgan fingerprint density at radius 3 is 1.93 bits per heavy atom. The molecule has 152 valence electrons. The van der Waals surface area contributed by atoms with Crippen LogP contribution in [0.3, 0.4) is 0 Å². The molecule has 5 nitrogen and oxygen atoms in total. The van der Waals surface area contributed by atoms with Crippen molar-refractivity contribution in [3.63, 3.8) is 0 Å². The van der Waals surface area contributed by atoms with Gasteiger partial charge in [0, 0.05) is 6.54 Å². The molecule has 0 aliphatic carbocycles. The number of hydrogen-bond acceptors (Lipinski definition) is 5. The number of hydrogen-bond donors (Lipinski definition) is 0. The predicted molar refractivity (Wildman–Crippen MR) is 112 cm³/mol. The lowest BCUT2D eigenvalue weighted by atomic mass is 9.88. The van der Waals surface area contributed by atoms with Crippen LogP contribution in [0, 0.1) is 19.8 Å². The predicted octanol–water partition coefficient (Wildman–Crippen LogP) is 4.05. The normalized spacial score (nSPS) is 18.7. The molecule has 2 aromatic carbocycles. The zero-order valence-electron chi connectivity index (χ0n) is 17.6. The maximum absolute atomic E-state index is 12.9. The van der Waals surface area contributed by atoms with Crippen LogP contribution >= 0.6 is 0 Å². The molecule has 0 spiro atoms. The Morgan fingerprint density at radius 2 is 1.45 bits per heavy atom. The Bertz CT molecular complexity index is 928. The molecule has 0 aromatic heterocycles. The number of methoxy groups -OCH3 is 2. The summed E-state index contributed by atoms with van der Waals surface area (Å²) in [6.45, 7) is 6.67. The maximum atomic E-state index is 12.9. The molecule has 2 aromatic rings. The minimum atomic E-state index is -0.772. The van der Waals surface area contributed by atoms with Crippen LogP contribution in [0.25, 0.3) is 5.70 Å². The third kappa shape index (κ3) is 3.77. The summed E-state index contributed by atoms with van der Waals surface area (Å²) in [4.78, 5) is 27.9. The topological polar surface area (TPSA) is 55.8 Å². The highest BCUT2D eigenvalue weighted by Gasteiger charge is 2.49. The molecule has 0 radical (unpaired) electrons. The summed E-state index contributed by atoms with van der Waals surface area (Å²) in [7, 11) is 2.69. The van der Waals surface area contributed by atoms with E-state index >= 15 is 0 Å². The van der Waals surface area contributed by atoms with Crippen molar-refractivity contribution in [1.82, 2.24) is 4.90 Å². The summed E-state index contributed by atoms with van der Waals surface area (Å²) < 4.78 is 10.2. The van der Waals surface area contributed by atoms with Crippen molar-refractivity contribution >= 4 is 17.6 Å². The quantitative estimate of drug-likeness (QED) is 0.717. The second kappa shape index (κ2) is 8.52. The fraction of sp³-hybridized carbons (Fsp3) is 0.333. The zero-order chi connectivity index (χ0) is 21.1. The van der Waals surface area contributed by atoms with Crippen LogP contribution in [-0.4, -0.2) is 37.6 Å². The molecule has 1 aliphatic rings. The van der Waals surface area contributed by atoms with Crippen molar-refractivity contribution in [2.45, 2.75) is 26.8 Å². The fourth-order valence-corrected chi connectivity index (χ4v) is 4.01. The van der Waals surface area contributed by atoms with Crippen molar-refractivity contribution in [1.29, 1.82) is 0 Å². The third-order valence-electron chi connectivity index (χ3n) is 5.45. The summed E-state index contributed by atoms with van der Waals surface area (Å²) in [6.07, 6.45) is 0. The van der Waals surface area contributed by atoms with Gasteiger partial charge in [0.05, 0.1) is 31.5 Å². The van der Waals surface area contributed by atoms with E-state index < -0.39 is 17.9 Å². The number of esters is 2. The molecule has 5 heteroatoms. The minimum Gasteiger partial charge on any atom is -0.468 e. The van der Waals surface area contributed by atoms with Crippen molar-refractivity contribution in [3.05, 3.63) is 76.4 Å². The average Bonchev–Trinajstić information content (AvgIpc) is 3.08. The lowest BCUT2D eigenvalue weighted by Crippen LogP contribution is -2.31. The molecule has 0 amide bonds. The molecular formula is C24H27NO4. The summed E-state index contributed by atoms with van der Waals surface area (Å²) in [5.74, 6) is -1.73. The summed E-state index contributed by atoms with van der Waals surface area (Å²) >= 11 is 0. The molecule has 0 unspecified atom stereocenters. The smallest absolute Gasteiger partial charge is 0.336 e. The van der Waals surface area contributed by atoms with Crippen LogP contribution in [0.4, 0.5) is 0 Å². The van der Waals surface area contributed by atoms with Gasteiger partial charge in [0.1, 0.15) is 5.92 Å². The van der Waals surface area contributed by atoms with Crippen LogP contribution < -0.4 is 0 Å². The molecular weight excluding hydrogens is 366 g/mol. The molecule has 2 atom stereocenters. The molecule has 0 saturated heterocycles. The van der Waals surface area contributed by atoms with E-state index in [-0.39, 0.29) is 6.04 Å². The van der Waals surface area contributed by atoms with E-state index in [1.54, 1.807) is 0 Å². The molecule has 1 aliphatic heterocycles. The van der Waals surface area contributed by atoms with Gasteiger partial charge in [0.25, 0.3) is 0 Å². The number of benzene rings is 2. The zero-order valence-corrected chi connectivity index (χ0v) is 17.6. The summed E-state index contributed by atoms with van der Waals surface area (Å²) in [6, 6.07) is 15.6. The van der Waals surface area contributed by atoms with E-state index in [2.05, 4.69) is 4.90 Å². The number of rotatable bonds is 5. The van der Waals surface area contributed by atoms with Crippen molar-refractivity contribution in [2.24, 2.45) is 5.92 Å². The van der Waals surface area contributed by atoms with Crippen LogP contribution in [0.1, 0.15) is 35.2 Å². The van der Waals surface area contributed by atoms with Gasteiger partial charge in [-0.2, -0.15) is 0 Å². The Labute approximate surface area is 171 Å². The van der Waals surface area contributed by atoms with Crippen molar-refractivity contribution in [3.8, 4) is 0 Å². The first kappa shape index (κ1) is 20.6. The maximum Gasteiger partial charge on any atom is 0.336 e. The number of nitrogens with zero attached hydrogens (tertiary/aromatic N) is 1. The number of aryl methyl sites for hydroxylation is 2. The second-order valence-electron chi connectivity index (χ2n) is 7.26. The van der Waals surface area contributed by atoms with Gasteiger partial charge >= 0.3 is 11.9 Å². The van der Waals surface area contributed by atoms with E-state index in [9.17, 15) is 9.59 Å². The van der Waals surface area contributed by atoms with Crippen LogP contribution in [0.5, 0.6) is 0 Å². The highest BCUT2D eigenvalue weighted by Crippen LogP contribution is 2.48. The first-order valence-corrected chi connectivity index (χ1v) is 9.73. The van der Waals surface area contributed by atoms with E-state index in [0.717, 1.165) is 28.0 Å². The molecule has 0 bridgehead atoms. The van der Waals surface area contributed by atoms with Gasteiger partial charge in [0.15, 0.2) is 0 Å². The molecule has 29 heavy (non-hydrogen) atoms. The second-order valence-corrected chi connectivity index (χ2v) is 7.26. The SMILES string of the molecule is CCN1C(c2ccc(C)cc2)=C(C(=O)OC)[C@@H](C(=O)OC)[C@H]1c1ccc(C)cc1. The van der Waals surface area contributed by atoms with E-state index in [1.165, 1.54) is 14.2 Å². The van der Waals surface area contributed by atoms with Crippen molar-refractivity contribution < 1.29 is 19.1 Å². The summed E-state index contributed by atoms with van der Waals surface area (Å²) in [5, 5.41) is 0. The van der Waals surface area contributed by atoms with E-state index in [4.69, 9.17) is 9.47 Å². The molecule has 0 N–H and O–H groups in total. The van der Waals surface area contributed by atoms with Crippen LogP contribution in [0.15, 0.2) is 54.1 Å². The third-order valence-corrected chi connectivity index (χ3v) is 5.45. The van der Waals surface area contributed by atoms with E-state index in [1.807, 2.05) is 69.3 Å². The minimum absolute atomic E-state index is 0.343.